The number of carbonyl (C=O) groups excluding carboxylic acids is 1. The molecule has 1 saturated heterocycles. The van der Waals surface area contributed by atoms with E-state index in [1.54, 1.807) is 12.3 Å². The van der Waals surface area contributed by atoms with Crippen LogP contribution in [0.4, 0.5) is 15.8 Å². The number of nitrogens with zero attached hydrogens (tertiary/aromatic N) is 3. The molecule has 1 aromatic carbocycles. The Hall–Kier alpha value is -3.13. The van der Waals surface area contributed by atoms with E-state index in [4.69, 9.17) is 0 Å². The van der Waals surface area contributed by atoms with Gasteiger partial charge in [0.2, 0.25) is 5.91 Å². The minimum Gasteiger partial charge on any atom is -0.384 e. The molecule has 33 heavy (non-hydrogen) atoms. The van der Waals surface area contributed by atoms with Crippen molar-refractivity contribution in [3.05, 3.63) is 42.3 Å². The summed E-state index contributed by atoms with van der Waals surface area (Å²) in [5.41, 5.74) is 3.82. The number of fused-ring (bicyclic) bond motifs is 1. The quantitative estimate of drug-likeness (QED) is 0.459. The fourth-order valence-electron chi connectivity index (χ4n) is 4.51. The lowest BCUT2D eigenvalue weighted by Gasteiger charge is -2.36. The molecule has 0 spiro atoms. The third kappa shape index (κ3) is 4.66. The summed E-state index contributed by atoms with van der Waals surface area (Å²) in [5.74, 6) is 0.304. The molecule has 1 saturated carbocycles. The van der Waals surface area contributed by atoms with Crippen molar-refractivity contribution in [2.24, 2.45) is 5.92 Å². The van der Waals surface area contributed by atoms with E-state index >= 15 is 0 Å². The van der Waals surface area contributed by atoms with Crippen LogP contribution in [0.3, 0.4) is 0 Å². The van der Waals surface area contributed by atoms with Gasteiger partial charge in [-0.1, -0.05) is 6.92 Å². The zero-order valence-electron chi connectivity index (χ0n) is 19.0. The summed E-state index contributed by atoms with van der Waals surface area (Å²) >= 11 is 0. The predicted octanol–water partition coefficient (Wildman–Crippen LogP) is 3.45. The molecular weight excluding hydrogens is 419 g/mol. The van der Waals surface area contributed by atoms with Gasteiger partial charge in [0, 0.05) is 73.7 Å². The molecule has 2 aromatic heterocycles. The highest BCUT2D eigenvalue weighted by molar-refractivity contribution is 5.94. The van der Waals surface area contributed by atoms with Crippen molar-refractivity contribution >= 4 is 28.3 Å². The molecule has 174 valence electrons. The number of halogens is 1. The van der Waals surface area contributed by atoms with Gasteiger partial charge in [-0.3, -0.25) is 4.79 Å². The Morgan fingerprint density at radius 1 is 1.15 bits per heavy atom. The summed E-state index contributed by atoms with van der Waals surface area (Å²) in [6, 6.07) is 9.23. The SMILES string of the molecule is CCNCCNc1ccc(-c2cc3c(N4CCN(C(=O)C5CC5)CC4)ccnc3[nH]2)c(F)c1. The molecule has 0 radical (unpaired) electrons. The maximum absolute atomic E-state index is 14.9. The van der Waals surface area contributed by atoms with E-state index in [9.17, 15) is 9.18 Å². The molecule has 2 fully saturated rings. The second-order valence-electron chi connectivity index (χ2n) is 8.84. The normalized spacial score (nSPS) is 16.4. The predicted molar refractivity (Wildman–Crippen MR) is 130 cm³/mol. The van der Waals surface area contributed by atoms with Crippen LogP contribution in [0, 0.1) is 11.7 Å². The molecule has 5 rings (SSSR count). The van der Waals surface area contributed by atoms with E-state index in [1.807, 2.05) is 23.1 Å². The molecule has 8 heteroatoms. The molecule has 7 nitrogen and oxygen atoms in total. The van der Waals surface area contributed by atoms with Gasteiger partial charge in [-0.05, 0) is 49.7 Å². The van der Waals surface area contributed by atoms with Crippen molar-refractivity contribution in [2.45, 2.75) is 19.8 Å². The summed E-state index contributed by atoms with van der Waals surface area (Å²) in [5, 5.41) is 7.46. The number of pyridine rings is 1. The van der Waals surface area contributed by atoms with Crippen LogP contribution in [-0.4, -0.2) is 66.6 Å². The van der Waals surface area contributed by atoms with Gasteiger partial charge in [0.25, 0.3) is 0 Å². The molecule has 0 unspecified atom stereocenters. The lowest BCUT2D eigenvalue weighted by Crippen LogP contribution is -2.49. The fraction of sp³-hybridized carbons (Fsp3) is 0.440. The van der Waals surface area contributed by atoms with Crippen LogP contribution in [0.1, 0.15) is 19.8 Å². The molecule has 3 N–H and O–H groups in total. The number of carbonyl (C=O) groups is 1. The van der Waals surface area contributed by atoms with Crippen molar-refractivity contribution in [3.8, 4) is 11.3 Å². The van der Waals surface area contributed by atoms with Gasteiger partial charge in [0.15, 0.2) is 0 Å². The number of piperazine rings is 1. The van der Waals surface area contributed by atoms with Crippen molar-refractivity contribution in [2.75, 3.05) is 56.0 Å². The van der Waals surface area contributed by atoms with E-state index in [1.165, 1.54) is 6.07 Å². The van der Waals surface area contributed by atoms with Crippen LogP contribution in [0.2, 0.25) is 0 Å². The number of likely N-dealkylation sites (N-methyl/N-ethyl adjacent to an activating group) is 1. The van der Waals surface area contributed by atoms with Crippen molar-refractivity contribution < 1.29 is 9.18 Å². The number of aromatic nitrogens is 2. The Bertz CT molecular complexity index is 1130. The minimum atomic E-state index is -0.274. The number of anilines is 2. The second-order valence-corrected chi connectivity index (χ2v) is 8.84. The van der Waals surface area contributed by atoms with Crippen molar-refractivity contribution in [1.82, 2.24) is 20.2 Å². The molecule has 2 aliphatic rings. The van der Waals surface area contributed by atoms with Gasteiger partial charge < -0.3 is 25.4 Å². The first kappa shape index (κ1) is 21.7. The van der Waals surface area contributed by atoms with Gasteiger partial charge in [0.1, 0.15) is 11.5 Å². The molecule has 1 aliphatic heterocycles. The zero-order valence-corrected chi connectivity index (χ0v) is 19.0. The number of H-pyrrole nitrogens is 1. The zero-order chi connectivity index (χ0) is 22.8. The average molecular weight is 451 g/mol. The fourth-order valence-corrected chi connectivity index (χ4v) is 4.51. The summed E-state index contributed by atoms with van der Waals surface area (Å²) in [6.45, 7) is 7.62. The molecular formula is C25H31FN6O. The smallest absolute Gasteiger partial charge is 0.225 e. The standard InChI is InChI=1S/C25H31FN6O/c1-2-27-9-10-28-18-5-6-19(21(26)15-18)22-16-20-23(7-8-29-24(20)30-22)31-11-13-32(14-12-31)25(33)17-3-4-17/h5-8,15-17,27-28H,2-4,9-14H2,1H3,(H,29,30). The first-order valence-corrected chi connectivity index (χ1v) is 11.9. The first-order valence-electron chi connectivity index (χ1n) is 11.9. The molecule has 3 aromatic rings. The Morgan fingerprint density at radius 2 is 1.97 bits per heavy atom. The lowest BCUT2D eigenvalue weighted by molar-refractivity contribution is -0.132. The highest BCUT2D eigenvalue weighted by Crippen LogP contribution is 2.34. The van der Waals surface area contributed by atoms with Gasteiger partial charge in [0.05, 0.1) is 5.69 Å². The average Bonchev–Trinajstić information content (AvgIpc) is 3.60. The molecule has 3 heterocycles. The number of amides is 1. The highest BCUT2D eigenvalue weighted by atomic mass is 19.1. The van der Waals surface area contributed by atoms with Gasteiger partial charge >= 0.3 is 0 Å². The Labute approximate surface area is 193 Å². The summed E-state index contributed by atoms with van der Waals surface area (Å²) in [7, 11) is 0. The maximum Gasteiger partial charge on any atom is 0.225 e. The molecule has 0 bridgehead atoms. The van der Waals surface area contributed by atoms with Gasteiger partial charge in [-0.15, -0.1) is 0 Å². The van der Waals surface area contributed by atoms with E-state index < -0.39 is 0 Å². The van der Waals surface area contributed by atoms with Crippen LogP contribution in [0.5, 0.6) is 0 Å². The van der Waals surface area contributed by atoms with Crippen LogP contribution in [-0.2, 0) is 4.79 Å². The summed E-state index contributed by atoms with van der Waals surface area (Å²) in [4.78, 5) is 24.4. The number of aromatic amines is 1. The van der Waals surface area contributed by atoms with Crippen molar-refractivity contribution in [1.29, 1.82) is 0 Å². The number of hydrogen-bond donors (Lipinski definition) is 3. The van der Waals surface area contributed by atoms with Crippen LogP contribution in [0.25, 0.3) is 22.3 Å². The van der Waals surface area contributed by atoms with E-state index in [0.717, 1.165) is 81.1 Å². The largest absolute Gasteiger partial charge is 0.384 e. The van der Waals surface area contributed by atoms with Gasteiger partial charge in [-0.25, -0.2) is 9.37 Å². The first-order chi connectivity index (χ1) is 16.1. The third-order valence-electron chi connectivity index (χ3n) is 6.51. The Morgan fingerprint density at radius 3 is 2.70 bits per heavy atom. The molecule has 1 amide bonds. The topological polar surface area (TPSA) is 76.3 Å². The monoisotopic (exact) mass is 450 g/mol. The van der Waals surface area contributed by atoms with Gasteiger partial charge in [-0.2, -0.15) is 0 Å². The Kier molecular flexibility index (Phi) is 6.17. The third-order valence-corrected chi connectivity index (χ3v) is 6.51. The molecule has 1 aliphatic carbocycles. The number of rotatable bonds is 8. The second kappa shape index (κ2) is 9.39. The van der Waals surface area contributed by atoms with E-state index in [0.29, 0.717) is 17.2 Å². The summed E-state index contributed by atoms with van der Waals surface area (Å²) < 4.78 is 14.9. The Balaban J connectivity index is 1.32. The van der Waals surface area contributed by atoms with Crippen LogP contribution < -0.4 is 15.5 Å². The van der Waals surface area contributed by atoms with Crippen LogP contribution in [0.15, 0.2) is 36.5 Å². The number of nitrogens with one attached hydrogen (secondary N) is 3. The summed E-state index contributed by atoms with van der Waals surface area (Å²) in [6.07, 6.45) is 3.87. The highest BCUT2D eigenvalue weighted by Gasteiger charge is 2.34. The lowest BCUT2D eigenvalue weighted by atomic mass is 10.1. The number of benzene rings is 1. The van der Waals surface area contributed by atoms with E-state index in [-0.39, 0.29) is 11.7 Å². The van der Waals surface area contributed by atoms with Crippen molar-refractivity contribution in [3.63, 3.8) is 0 Å². The maximum atomic E-state index is 14.9. The van der Waals surface area contributed by atoms with E-state index in [2.05, 4.69) is 32.4 Å². The molecule has 0 atom stereocenters. The number of hydrogen-bond acceptors (Lipinski definition) is 5. The minimum absolute atomic E-state index is 0.265. The van der Waals surface area contributed by atoms with Crippen LogP contribution >= 0.6 is 0 Å².